The molecule has 0 fully saturated rings. The van der Waals surface area contributed by atoms with Gasteiger partial charge in [0.25, 0.3) is 0 Å². The second-order valence-electron chi connectivity index (χ2n) is 2.77. The van der Waals surface area contributed by atoms with Crippen molar-refractivity contribution in [3.63, 3.8) is 0 Å². The molecule has 0 aliphatic carbocycles. The summed E-state index contributed by atoms with van der Waals surface area (Å²) in [4.78, 5) is 0. The number of benzene rings is 1. The molecule has 0 atom stereocenters. The van der Waals surface area contributed by atoms with Crippen LogP contribution in [0.25, 0.3) is 0 Å². The van der Waals surface area contributed by atoms with Crippen LogP contribution in [0.3, 0.4) is 0 Å². The zero-order valence-corrected chi connectivity index (χ0v) is 11.1. The molecule has 0 radical (unpaired) electrons. The molecular weight excluding hydrogens is 312 g/mol. The molecule has 0 spiro atoms. The van der Waals surface area contributed by atoms with E-state index in [-0.39, 0.29) is 6.61 Å². The van der Waals surface area contributed by atoms with Crippen LogP contribution in [0, 0.1) is 0 Å². The van der Waals surface area contributed by atoms with Crippen LogP contribution in [0.15, 0.2) is 16.6 Å². The molecule has 14 heavy (non-hydrogen) atoms. The maximum atomic E-state index is 9.17. The largest absolute Gasteiger partial charge is 0.494 e. The van der Waals surface area contributed by atoms with Gasteiger partial charge >= 0.3 is 0 Å². The van der Waals surface area contributed by atoms with Gasteiger partial charge < -0.3 is 9.84 Å². The summed E-state index contributed by atoms with van der Waals surface area (Å²) in [7, 11) is 0. The van der Waals surface area contributed by atoms with Crippen molar-refractivity contribution in [3.05, 3.63) is 27.7 Å². The van der Waals surface area contributed by atoms with E-state index in [2.05, 4.69) is 31.9 Å². The van der Waals surface area contributed by atoms with Gasteiger partial charge in [0.15, 0.2) is 0 Å². The van der Waals surface area contributed by atoms with Gasteiger partial charge in [-0.15, -0.1) is 0 Å². The molecular formula is C10H12Br2O2. The zero-order chi connectivity index (χ0) is 10.6. The Hall–Kier alpha value is -0.0600. The lowest BCUT2D eigenvalue weighted by Crippen LogP contribution is -1.97. The van der Waals surface area contributed by atoms with Gasteiger partial charge in [-0.1, -0.05) is 31.9 Å². The number of hydrogen-bond acceptors (Lipinski definition) is 2. The molecule has 0 heterocycles. The molecule has 0 aromatic heterocycles. The lowest BCUT2D eigenvalue weighted by molar-refractivity contribution is 0.279. The first-order chi connectivity index (χ1) is 6.72. The number of ether oxygens (including phenoxy) is 1. The molecule has 0 unspecified atom stereocenters. The van der Waals surface area contributed by atoms with E-state index in [1.165, 1.54) is 0 Å². The average molecular weight is 324 g/mol. The van der Waals surface area contributed by atoms with E-state index in [0.29, 0.717) is 6.61 Å². The summed E-state index contributed by atoms with van der Waals surface area (Å²) >= 11 is 6.83. The van der Waals surface area contributed by atoms with Gasteiger partial charge in [-0.25, -0.2) is 0 Å². The molecule has 1 rings (SSSR count). The van der Waals surface area contributed by atoms with Crippen LogP contribution >= 0.6 is 31.9 Å². The topological polar surface area (TPSA) is 29.5 Å². The van der Waals surface area contributed by atoms with E-state index in [9.17, 15) is 0 Å². The monoisotopic (exact) mass is 322 g/mol. The van der Waals surface area contributed by atoms with E-state index in [1.54, 1.807) is 0 Å². The van der Waals surface area contributed by atoms with Crippen LogP contribution in [0.2, 0.25) is 0 Å². The van der Waals surface area contributed by atoms with Crippen LogP contribution in [-0.2, 0) is 11.9 Å². The standard InChI is InChI=1S/C10H12Br2O2/c1-2-14-8-3-7(6-13)9(5-11)10(12)4-8/h3-4,13H,2,5-6H2,1H3. The fourth-order valence-corrected chi connectivity index (χ4v) is 2.87. The highest BCUT2D eigenvalue weighted by Gasteiger charge is 2.07. The Morgan fingerprint density at radius 1 is 1.43 bits per heavy atom. The van der Waals surface area contributed by atoms with E-state index < -0.39 is 0 Å². The molecule has 4 heteroatoms. The van der Waals surface area contributed by atoms with Gasteiger partial charge in [-0.3, -0.25) is 0 Å². The van der Waals surface area contributed by atoms with Crippen molar-refractivity contribution in [2.75, 3.05) is 6.61 Å². The smallest absolute Gasteiger partial charge is 0.120 e. The summed E-state index contributed by atoms with van der Waals surface area (Å²) in [5, 5.41) is 9.89. The molecule has 1 aromatic carbocycles. The van der Waals surface area contributed by atoms with Crippen molar-refractivity contribution >= 4 is 31.9 Å². The first kappa shape index (κ1) is 12.0. The molecule has 2 nitrogen and oxygen atoms in total. The molecule has 78 valence electrons. The number of aliphatic hydroxyl groups is 1. The highest BCUT2D eigenvalue weighted by Crippen LogP contribution is 2.29. The van der Waals surface area contributed by atoms with E-state index in [1.807, 2.05) is 19.1 Å². The lowest BCUT2D eigenvalue weighted by Gasteiger charge is -2.10. The molecule has 0 saturated carbocycles. The maximum absolute atomic E-state index is 9.17. The fourth-order valence-electron chi connectivity index (χ4n) is 1.21. The summed E-state index contributed by atoms with van der Waals surface area (Å²) in [6.45, 7) is 2.59. The Morgan fingerprint density at radius 2 is 2.14 bits per heavy atom. The number of aliphatic hydroxyl groups excluding tert-OH is 1. The number of alkyl halides is 1. The Balaban J connectivity index is 3.10. The third-order valence-electron chi connectivity index (χ3n) is 1.88. The Bertz CT molecular complexity index is 313. The van der Waals surface area contributed by atoms with Crippen molar-refractivity contribution in [2.45, 2.75) is 18.9 Å². The van der Waals surface area contributed by atoms with E-state index in [4.69, 9.17) is 9.84 Å². The number of halogens is 2. The Labute approximate surface area is 101 Å². The predicted octanol–water partition coefficient (Wildman–Crippen LogP) is 3.24. The van der Waals surface area contributed by atoms with Crippen molar-refractivity contribution in [1.29, 1.82) is 0 Å². The molecule has 1 aromatic rings. The molecule has 0 bridgehead atoms. The summed E-state index contributed by atoms with van der Waals surface area (Å²) in [6, 6.07) is 3.78. The highest BCUT2D eigenvalue weighted by atomic mass is 79.9. The van der Waals surface area contributed by atoms with Crippen LogP contribution in [0.1, 0.15) is 18.1 Å². The van der Waals surface area contributed by atoms with Crippen molar-refractivity contribution in [1.82, 2.24) is 0 Å². The minimum atomic E-state index is 0.0282. The van der Waals surface area contributed by atoms with E-state index >= 15 is 0 Å². The van der Waals surface area contributed by atoms with Crippen molar-refractivity contribution in [3.8, 4) is 5.75 Å². The number of hydrogen-bond donors (Lipinski definition) is 1. The molecule has 0 saturated heterocycles. The molecule has 1 N–H and O–H groups in total. The quantitative estimate of drug-likeness (QED) is 0.862. The SMILES string of the molecule is CCOc1cc(Br)c(CBr)c(CO)c1. The van der Waals surface area contributed by atoms with Crippen LogP contribution in [-0.4, -0.2) is 11.7 Å². The van der Waals surface area contributed by atoms with E-state index in [0.717, 1.165) is 26.7 Å². The third-order valence-corrected chi connectivity index (χ3v) is 3.14. The van der Waals surface area contributed by atoms with Crippen LogP contribution < -0.4 is 4.74 Å². The lowest BCUT2D eigenvalue weighted by atomic mass is 10.1. The van der Waals surface area contributed by atoms with Gasteiger partial charge in [0.05, 0.1) is 13.2 Å². The van der Waals surface area contributed by atoms with Crippen LogP contribution in [0.5, 0.6) is 5.75 Å². The second kappa shape index (κ2) is 5.73. The average Bonchev–Trinajstić information content (AvgIpc) is 2.17. The minimum Gasteiger partial charge on any atom is -0.494 e. The van der Waals surface area contributed by atoms with Gasteiger partial charge in [0, 0.05) is 9.80 Å². The third kappa shape index (κ3) is 2.72. The molecule has 0 aliphatic rings. The van der Waals surface area contributed by atoms with Crippen molar-refractivity contribution in [2.24, 2.45) is 0 Å². The predicted molar refractivity (Wildman–Crippen MR) is 63.9 cm³/mol. The zero-order valence-electron chi connectivity index (χ0n) is 7.89. The normalized spacial score (nSPS) is 10.3. The minimum absolute atomic E-state index is 0.0282. The summed E-state index contributed by atoms with van der Waals surface area (Å²) in [6.07, 6.45) is 0. The molecule has 0 amide bonds. The molecule has 0 aliphatic heterocycles. The second-order valence-corrected chi connectivity index (χ2v) is 4.18. The maximum Gasteiger partial charge on any atom is 0.120 e. The summed E-state index contributed by atoms with van der Waals surface area (Å²) < 4.78 is 6.33. The first-order valence-electron chi connectivity index (χ1n) is 4.33. The van der Waals surface area contributed by atoms with Crippen LogP contribution in [0.4, 0.5) is 0 Å². The fraction of sp³-hybridized carbons (Fsp3) is 0.400. The van der Waals surface area contributed by atoms with Gasteiger partial charge in [-0.2, -0.15) is 0 Å². The van der Waals surface area contributed by atoms with Gasteiger partial charge in [0.2, 0.25) is 0 Å². The highest BCUT2D eigenvalue weighted by molar-refractivity contribution is 9.10. The Morgan fingerprint density at radius 3 is 2.64 bits per heavy atom. The van der Waals surface area contributed by atoms with Crippen molar-refractivity contribution < 1.29 is 9.84 Å². The summed E-state index contributed by atoms with van der Waals surface area (Å²) in [5.74, 6) is 0.785. The van der Waals surface area contributed by atoms with Gasteiger partial charge in [0.1, 0.15) is 5.75 Å². The number of rotatable bonds is 4. The Kier molecular flexibility index (Phi) is 4.92. The summed E-state index contributed by atoms with van der Waals surface area (Å²) in [5.41, 5.74) is 1.95. The van der Waals surface area contributed by atoms with Gasteiger partial charge in [-0.05, 0) is 30.2 Å². The first-order valence-corrected chi connectivity index (χ1v) is 6.25.